The van der Waals surface area contributed by atoms with Gasteiger partial charge in [-0.25, -0.2) is 0 Å². The molecule has 2 heterocycles. The maximum atomic E-state index is 5.50. The monoisotopic (exact) mass is 385 g/mol. The summed E-state index contributed by atoms with van der Waals surface area (Å²) in [7, 11) is 1.84. The number of hydrogen-bond acceptors (Lipinski definition) is 3. The number of rotatable bonds is 7. The number of aromatic nitrogens is 1. The minimum absolute atomic E-state index is 0.485. The van der Waals surface area contributed by atoms with Crippen molar-refractivity contribution in [2.45, 2.75) is 33.2 Å². The summed E-state index contributed by atoms with van der Waals surface area (Å²) in [6.45, 7) is 12.2. The third-order valence-corrected chi connectivity index (χ3v) is 5.68. The van der Waals surface area contributed by atoms with Crippen LogP contribution in [0, 0.1) is 12.8 Å². The van der Waals surface area contributed by atoms with Gasteiger partial charge in [0.25, 0.3) is 0 Å². The Morgan fingerprint density at radius 3 is 2.68 bits per heavy atom. The molecule has 2 aromatic rings. The smallest absolute Gasteiger partial charge is 0.191 e. The quantitative estimate of drug-likeness (QED) is 0.506. The van der Waals surface area contributed by atoms with Crippen molar-refractivity contribution in [3.63, 3.8) is 0 Å². The number of nitrogens with zero attached hydrogens (tertiary/aromatic N) is 2. The lowest BCUT2D eigenvalue weighted by atomic mass is 10.0. The van der Waals surface area contributed by atoms with E-state index in [1.54, 1.807) is 0 Å². The van der Waals surface area contributed by atoms with Crippen LogP contribution in [0.25, 0.3) is 10.9 Å². The van der Waals surface area contributed by atoms with E-state index in [2.05, 4.69) is 70.5 Å². The fourth-order valence-electron chi connectivity index (χ4n) is 4.08. The summed E-state index contributed by atoms with van der Waals surface area (Å²) in [5.41, 5.74) is 3.84. The van der Waals surface area contributed by atoms with Gasteiger partial charge in [0.1, 0.15) is 0 Å². The Morgan fingerprint density at radius 2 is 1.96 bits per heavy atom. The van der Waals surface area contributed by atoms with Gasteiger partial charge in [-0.3, -0.25) is 9.89 Å². The topological polar surface area (TPSA) is 64.7 Å². The largest absolute Gasteiger partial charge is 0.379 e. The number of hydrogen-bond donors (Lipinski definition) is 3. The molecule has 1 fully saturated rings. The van der Waals surface area contributed by atoms with Crippen LogP contribution in [0.3, 0.4) is 0 Å². The summed E-state index contributed by atoms with van der Waals surface area (Å²) in [6, 6.07) is 8.99. The molecule has 1 aliphatic rings. The summed E-state index contributed by atoms with van der Waals surface area (Å²) in [5.74, 6) is 1.45. The van der Waals surface area contributed by atoms with E-state index < -0.39 is 0 Å². The molecule has 6 nitrogen and oxygen atoms in total. The van der Waals surface area contributed by atoms with Gasteiger partial charge in [-0.1, -0.05) is 32.0 Å². The maximum Gasteiger partial charge on any atom is 0.191 e. The van der Waals surface area contributed by atoms with Gasteiger partial charge in [0.15, 0.2) is 5.96 Å². The molecule has 0 bridgehead atoms. The van der Waals surface area contributed by atoms with Crippen molar-refractivity contribution in [1.29, 1.82) is 0 Å². The number of aliphatic imine (C=N–C) groups is 1. The Hall–Kier alpha value is -2.05. The van der Waals surface area contributed by atoms with Crippen LogP contribution < -0.4 is 10.6 Å². The van der Waals surface area contributed by atoms with Crippen LogP contribution in [-0.2, 0) is 11.2 Å². The molecule has 0 saturated carbocycles. The van der Waals surface area contributed by atoms with Crippen LogP contribution in [0.4, 0.5) is 0 Å². The number of morpholine rings is 1. The Balaban J connectivity index is 1.52. The number of fused-ring (bicyclic) bond motifs is 1. The molecule has 1 aromatic heterocycles. The van der Waals surface area contributed by atoms with Crippen molar-refractivity contribution in [1.82, 2.24) is 20.5 Å². The molecule has 1 saturated heterocycles. The number of H-pyrrole nitrogens is 1. The lowest BCUT2D eigenvalue weighted by molar-refractivity contribution is 0.00752. The zero-order valence-corrected chi connectivity index (χ0v) is 17.7. The molecule has 3 N–H and O–H groups in total. The van der Waals surface area contributed by atoms with E-state index >= 15 is 0 Å². The highest BCUT2D eigenvalue weighted by Crippen LogP contribution is 2.21. The van der Waals surface area contributed by atoms with E-state index in [0.717, 1.165) is 51.8 Å². The van der Waals surface area contributed by atoms with Crippen molar-refractivity contribution in [2.75, 3.05) is 46.4 Å². The van der Waals surface area contributed by atoms with E-state index in [9.17, 15) is 0 Å². The van der Waals surface area contributed by atoms with Gasteiger partial charge in [-0.2, -0.15) is 0 Å². The number of ether oxygens (including phenoxy) is 1. The minimum atomic E-state index is 0.485. The molecule has 1 aliphatic heterocycles. The molecule has 154 valence electrons. The van der Waals surface area contributed by atoms with Crippen molar-refractivity contribution in [2.24, 2.45) is 10.9 Å². The van der Waals surface area contributed by atoms with Gasteiger partial charge < -0.3 is 20.4 Å². The number of benzene rings is 1. The van der Waals surface area contributed by atoms with E-state index in [-0.39, 0.29) is 0 Å². The number of aromatic amines is 1. The number of guanidine groups is 1. The zero-order valence-electron chi connectivity index (χ0n) is 17.7. The molecule has 1 atom stereocenters. The highest BCUT2D eigenvalue weighted by atomic mass is 16.5. The van der Waals surface area contributed by atoms with Crippen molar-refractivity contribution in [3.05, 3.63) is 35.5 Å². The third kappa shape index (κ3) is 5.06. The number of nitrogens with one attached hydrogen (secondary N) is 3. The van der Waals surface area contributed by atoms with Crippen LogP contribution in [-0.4, -0.2) is 68.3 Å². The molecular weight excluding hydrogens is 350 g/mol. The first kappa shape index (κ1) is 20.7. The number of para-hydroxylation sites is 1. The summed E-state index contributed by atoms with van der Waals surface area (Å²) in [6.07, 6.45) is 0.966. The Labute approximate surface area is 168 Å². The van der Waals surface area contributed by atoms with Gasteiger partial charge in [0.2, 0.25) is 0 Å². The number of aryl methyl sites for hydroxylation is 1. The van der Waals surface area contributed by atoms with Crippen molar-refractivity contribution < 1.29 is 4.74 Å². The van der Waals surface area contributed by atoms with E-state index in [1.165, 1.54) is 22.2 Å². The Kier molecular flexibility index (Phi) is 7.34. The highest BCUT2D eigenvalue weighted by molar-refractivity contribution is 5.84. The predicted molar refractivity (Wildman–Crippen MR) is 117 cm³/mol. The predicted octanol–water partition coefficient (Wildman–Crippen LogP) is 2.54. The van der Waals surface area contributed by atoms with Crippen molar-refractivity contribution >= 4 is 16.9 Å². The molecule has 0 aliphatic carbocycles. The lowest BCUT2D eigenvalue weighted by Crippen LogP contribution is -2.52. The average Bonchev–Trinajstić information content (AvgIpc) is 3.02. The summed E-state index contributed by atoms with van der Waals surface area (Å²) < 4.78 is 5.50. The first-order valence-corrected chi connectivity index (χ1v) is 10.4. The van der Waals surface area contributed by atoms with Gasteiger partial charge in [0.05, 0.1) is 13.2 Å². The normalized spacial score (nSPS) is 17.2. The van der Waals surface area contributed by atoms with Crippen LogP contribution in [0.1, 0.15) is 25.1 Å². The van der Waals surface area contributed by atoms with Crippen LogP contribution >= 0.6 is 0 Å². The summed E-state index contributed by atoms with van der Waals surface area (Å²) in [4.78, 5) is 10.4. The molecule has 6 heteroatoms. The van der Waals surface area contributed by atoms with Gasteiger partial charge in [-0.05, 0) is 30.9 Å². The summed E-state index contributed by atoms with van der Waals surface area (Å²) in [5, 5.41) is 8.32. The fraction of sp³-hybridized carbons (Fsp3) is 0.591. The van der Waals surface area contributed by atoms with Gasteiger partial charge in [-0.15, -0.1) is 0 Å². The molecule has 0 spiro atoms. The first-order chi connectivity index (χ1) is 13.6. The first-order valence-electron chi connectivity index (χ1n) is 10.4. The standard InChI is InChI=1S/C22H35N5O/c1-16(2)21(27-11-13-28-14-12-27)15-25-22(23-4)24-10-9-18-17(3)26-20-8-6-5-7-19(18)20/h5-8,16,21,26H,9-15H2,1-4H3,(H2,23,24,25). The molecule has 1 unspecified atom stereocenters. The van der Waals surface area contributed by atoms with Crippen molar-refractivity contribution in [3.8, 4) is 0 Å². The Morgan fingerprint density at radius 1 is 1.21 bits per heavy atom. The second-order valence-corrected chi connectivity index (χ2v) is 7.86. The Bertz CT molecular complexity index is 776. The second kappa shape index (κ2) is 9.94. The third-order valence-electron chi connectivity index (χ3n) is 5.68. The van der Waals surface area contributed by atoms with Gasteiger partial charge >= 0.3 is 0 Å². The van der Waals surface area contributed by atoms with E-state index in [0.29, 0.717) is 12.0 Å². The average molecular weight is 386 g/mol. The maximum absolute atomic E-state index is 5.50. The van der Waals surface area contributed by atoms with Gasteiger partial charge in [0, 0.05) is 55.9 Å². The lowest BCUT2D eigenvalue weighted by Gasteiger charge is -2.37. The van der Waals surface area contributed by atoms with E-state index in [4.69, 9.17) is 4.74 Å². The fourth-order valence-corrected chi connectivity index (χ4v) is 4.08. The second-order valence-electron chi connectivity index (χ2n) is 7.86. The zero-order chi connectivity index (χ0) is 19.9. The summed E-state index contributed by atoms with van der Waals surface area (Å²) >= 11 is 0. The molecule has 28 heavy (non-hydrogen) atoms. The van der Waals surface area contributed by atoms with E-state index in [1.807, 2.05) is 7.05 Å². The molecule has 3 rings (SSSR count). The van der Waals surface area contributed by atoms with Crippen LogP contribution in [0.15, 0.2) is 29.3 Å². The highest BCUT2D eigenvalue weighted by Gasteiger charge is 2.23. The molecule has 0 radical (unpaired) electrons. The molecule has 1 aromatic carbocycles. The van der Waals surface area contributed by atoms with Crippen LogP contribution in [0.2, 0.25) is 0 Å². The minimum Gasteiger partial charge on any atom is -0.379 e. The molecular formula is C22H35N5O. The molecule has 0 amide bonds. The van der Waals surface area contributed by atoms with Crippen LogP contribution in [0.5, 0.6) is 0 Å². The SMILES string of the molecule is CN=C(NCCc1c(C)[nH]c2ccccc12)NCC(C(C)C)N1CCOCC1.